The third-order valence-corrected chi connectivity index (χ3v) is 4.13. The van der Waals surface area contributed by atoms with E-state index in [0.29, 0.717) is 5.56 Å². The molecule has 136 valence electrons. The van der Waals surface area contributed by atoms with Crippen molar-refractivity contribution in [3.63, 3.8) is 0 Å². The fraction of sp³-hybridized carbons (Fsp3) is 0.100. The maximum atomic E-state index is 12.5. The highest BCUT2D eigenvalue weighted by Gasteiger charge is 2.26. The number of carbonyl (C=O) groups excluding carboxylic acids is 2. The maximum Gasteiger partial charge on any atom is 0.339 e. The Hall–Kier alpha value is -3.74. The standard InChI is InChI=1S/C20H16N2O5/c1-21-19(23)18(17-8-4-6-13-5-2-3-7-16(13)17)27-20(24)14-9-11-15(12-10-14)22(25)26/h2-12,18H,1H3,(H,21,23). The highest BCUT2D eigenvalue weighted by Crippen LogP contribution is 2.28. The van der Waals surface area contributed by atoms with E-state index in [9.17, 15) is 19.7 Å². The van der Waals surface area contributed by atoms with Crippen molar-refractivity contribution in [2.45, 2.75) is 6.10 Å². The Bertz CT molecular complexity index is 1010. The first kappa shape index (κ1) is 18.1. The molecule has 0 radical (unpaired) electrons. The van der Waals surface area contributed by atoms with E-state index < -0.39 is 22.9 Å². The fourth-order valence-electron chi connectivity index (χ4n) is 2.76. The number of non-ortho nitro benzene ring substituents is 1. The topological polar surface area (TPSA) is 98.5 Å². The minimum Gasteiger partial charge on any atom is -0.444 e. The number of nitro groups is 1. The number of esters is 1. The summed E-state index contributed by atoms with van der Waals surface area (Å²) in [6, 6.07) is 17.9. The van der Waals surface area contributed by atoms with Crippen LogP contribution in [0.15, 0.2) is 66.7 Å². The maximum absolute atomic E-state index is 12.5. The van der Waals surface area contributed by atoms with E-state index in [-0.39, 0.29) is 11.3 Å². The SMILES string of the molecule is CNC(=O)C(OC(=O)c1ccc([N+](=O)[O-])cc1)c1cccc2ccccc12. The molecular weight excluding hydrogens is 348 g/mol. The van der Waals surface area contributed by atoms with Gasteiger partial charge in [-0.3, -0.25) is 14.9 Å². The van der Waals surface area contributed by atoms with Gasteiger partial charge in [0.15, 0.2) is 0 Å². The molecule has 0 spiro atoms. The monoisotopic (exact) mass is 364 g/mol. The molecule has 0 aliphatic rings. The Morgan fingerprint density at radius 2 is 1.67 bits per heavy atom. The molecule has 7 nitrogen and oxygen atoms in total. The van der Waals surface area contributed by atoms with E-state index in [1.165, 1.54) is 31.3 Å². The van der Waals surface area contributed by atoms with E-state index in [1.807, 2.05) is 30.3 Å². The van der Waals surface area contributed by atoms with Crippen molar-refractivity contribution in [3.05, 3.63) is 88.0 Å². The summed E-state index contributed by atoms with van der Waals surface area (Å²) in [6.45, 7) is 0. The zero-order chi connectivity index (χ0) is 19.4. The van der Waals surface area contributed by atoms with Gasteiger partial charge in [0.05, 0.1) is 10.5 Å². The van der Waals surface area contributed by atoms with E-state index in [1.54, 1.807) is 12.1 Å². The van der Waals surface area contributed by atoms with Crippen LogP contribution in [-0.4, -0.2) is 23.8 Å². The van der Waals surface area contributed by atoms with Crippen LogP contribution in [0.5, 0.6) is 0 Å². The highest BCUT2D eigenvalue weighted by atomic mass is 16.6. The molecule has 27 heavy (non-hydrogen) atoms. The number of carbonyl (C=O) groups is 2. The molecule has 1 atom stereocenters. The van der Waals surface area contributed by atoms with Crippen LogP contribution in [-0.2, 0) is 9.53 Å². The molecule has 0 saturated heterocycles. The van der Waals surface area contributed by atoms with Gasteiger partial charge in [-0.15, -0.1) is 0 Å². The van der Waals surface area contributed by atoms with Crippen molar-refractivity contribution in [3.8, 4) is 0 Å². The molecule has 1 N–H and O–H groups in total. The quantitative estimate of drug-likeness (QED) is 0.425. The van der Waals surface area contributed by atoms with E-state index in [2.05, 4.69) is 5.32 Å². The lowest BCUT2D eigenvalue weighted by Crippen LogP contribution is -2.29. The van der Waals surface area contributed by atoms with Crippen molar-refractivity contribution >= 4 is 28.3 Å². The summed E-state index contributed by atoms with van der Waals surface area (Å²) in [4.78, 5) is 35.1. The van der Waals surface area contributed by atoms with Gasteiger partial charge in [0, 0.05) is 24.7 Å². The number of hydrogen-bond acceptors (Lipinski definition) is 5. The van der Waals surface area contributed by atoms with Gasteiger partial charge in [0.2, 0.25) is 6.10 Å². The van der Waals surface area contributed by atoms with Gasteiger partial charge < -0.3 is 10.1 Å². The smallest absolute Gasteiger partial charge is 0.339 e. The van der Waals surface area contributed by atoms with Crippen LogP contribution < -0.4 is 5.32 Å². The molecule has 1 amide bonds. The molecule has 3 aromatic carbocycles. The number of nitrogens with zero attached hydrogens (tertiary/aromatic N) is 1. The Balaban J connectivity index is 1.95. The molecule has 0 heterocycles. The Morgan fingerprint density at radius 3 is 2.33 bits per heavy atom. The zero-order valence-electron chi connectivity index (χ0n) is 14.4. The first-order chi connectivity index (χ1) is 13.0. The number of fused-ring (bicyclic) bond motifs is 1. The summed E-state index contributed by atoms with van der Waals surface area (Å²) in [5, 5.41) is 14.9. The Kier molecular flexibility index (Phi) is 5.12. The van der Waals surface area contributed by atoms with Crippen molar-refractivity contribution in [1.29, 1.82) is 0 Å². The van der Waals surface area contributed by atoms with Gasteiger partial charge in [-0.25, -0.2) is 4.79 Å². The summed E-state index contributed by atoms with van der Waals surface area (Å²) in [5.74, 6) is -1.21. The normalized spacial score (nSPS) is 11.6. The minimum absolute atomic E-state index is 0.120. The third-order valence-electron chi connectivity index (χ3n) is 4.13. The predicted octanol–water partition coefficient (Wildman–Crippen LogP) is 3.39. The number of ether oxygens (including phenoxy) is 1. The Labute approximate surface area is 154 Å². The van der Waals surface area contributed by atoms with Gasteiger partial charge >= 0.3 is 5.97 Å². The second-order valence-corrected chi connectivity index (χ2v) is 5.77. The van der Waals surface area contributed by atoms with Crippen LogP contribution in [0.2, 0.25) is 0 Å². The summed E-state index contributed by atoms with van der Waals surface area (Å²) in [6.07, 6.45) is -1.15. The van der Waals surface area contributed by atoms with Gasteiger partial charge in [-0.05, 0) is 22.9 Å². The lowest BCUT2D eigenvalue weighted by molar-refractivity contribution is -0.384. The number of nitro benzene ring substituents is 1. The van der Waals surface area contributed by atoms with Gasteiger partial charge in [-0.2, -0.15) is 0 Å². The van der Waals surface area contributed by atoms with Crippen LogP contribution >= 0.6 is 0 Å². The van der Waals surface area contributed by atoms with E-state index >= 15 is 0 Å². The number of nitrogens with one attached hydrogen (secondary N) is 1. The lowest BCUT2D eigenvalue weighted by atomic mass is 10.00. The second kappa shape index (κ2) is 7.65. The average molecular weight is 364 g/mol. The number of hydrogen-bond donors (Lipinski definition) is 1. The minimum atomic E-state index is -1.15. The molecule has 0 aliphatic heterocycles. The Morgan fingerprint density at radius 1 is 1.00 bits per heavy atom. The first-order valence-electron chi connectivity index (χ1n) is 8.16. The number of benzene rings is 3. The van der Waals surface area contributed by atoms with Crippen molar-refractivity contribution < 1.29 is 19.2 Å². The molecule has 1 unspecified atom stereocenters. The molecule has 0 saturated carbocycles. The van der Waals surface area contributed by atoms with E-state index in [0.717, 1.165) is 10.8 Å². The van der Waals surface area contributed by atoms with Crippen LogP contribution in [0, 0.1) is 10.1 Å². The highest BCUT2D eigenvalue weighted by molar-refractivity contribution is 5.96. The summed E-state index contributed by atoms with van der Waals surface area (Å²) >= 11 is 0. The number of amides is 1. The number of rotatable bonds is 5. The largest absolute Gasteiger partial charge is 0.444 e. The number of likely N-dealkylation sites (N-methyl/N-ethyl adjacent to an activating group) is 1. The second-order valence-electron chi connectivity index (χ2n) is 5.77. The first-order valence-corrected chi connectivity index (χ1v) is 8.16. The van der Waals surface area contributed by atoms with Crippen LogP contribution in [0.1, 0.15) is 22.0 Å². The van der Waals surface area contributed by atoms with Gasteiger partial charge in [0.1, 0.15) is 0 Å². The van der Waals surface area contributed by atoms with Crippen molar-refractivity contribution in [2.75, 3.05) is 7.05 Å². The summed E-state index contributed by atoms with van der Waals surface area (Å²) < 4.78 is 5.46. The molecule has 0 fully saturated rings. The molecule has 0 aromatic heterocycles. The van der Waals surface area contributed by atoms with Gasteiger partial charge in [0.25, 0.3) is 11.6 Å². The van der Waals surface area contributed by atoms with Crippen molar-refractivity contribution in [2.24, 2.45) is 0 Å². The average Bonchev–Trinajstić information content (AvgIpc) is 2.71. The van der Waals surface area contributed by atoms with Crippen molar-refractivity contribution in [1.82, 2.24) is 5.32 Å². The summed E-state index contributed by atoms with van der Waals surface area (Å²) in [7, 11) is 1.46. The summed E-state index contributed by atoms with van der Waals surface area (Å²) in [5.41, 5.74) is 0.543. The molecular formula is C20H16N2O5. The molecule has 0 bridgehead atoms. The third kappa shape index (κ3) is 3.77. The lowest BCUT2D eigenvalue weighted by Gasteiger charge is -2.18. The zero-order valence-corrected chi connectivity index (χ0v) is 14.4. The molecule has 3 aromatic rings. The fourth-order valence-corrected chi connectivity index (χ4v) is 2.76. The molecule has 0 aliphatic carbocycles. The molecule has 3 rings (SSSR count). The van der Waals surface area contributed by atoms with Gasteiger partial charge in [-0.1, -0.05) is 42.5 Å². The van der Waals surface area contributed by atoms with Crippen LogP contribution in [0.3, 0.4) is 0 Å². The van der Waals surface area contributed by atoms with Crippen LogP contribution in [0.4, 0.5) is 5.69 Å². The molecule has 7 heteroatoms. The predicted molar refractivity (Wildman–Crippen MR) is 99.3 cm³/mol. The van der Waals surface area contributed by atoms with Crippen LogP contribution in [0.25, 0.3) is 10.8 Å². The van der Waals surface area contributed by atoms with E-state index in [4.69, 9.17) is 4.74 Å².